The van der Waals surface area contributed by atoms with Gasteiger partial charge in [-0.25, -0.2) is 4.98 Å². The van der Waals surface area contributed by atoms with E-state index in [-0.39, 0.29) is 0 Å². The van der Waals surface area contributed by atoms with E-state index in [0.717, 1.165) is 28.0 Å². The smallest absolute Gasteiger partial charge is 0.201 e. The molecule has 1 aromatic carbocycles. The normalized spacial score (nSPS) is 11.2. The molecule has 0 unspecified atom stereocenters. The van der Waals surface area contributed by atoms with Gasteiger partial charge in [0, 0.05) is 18.3 Å². The van der Waals surface area contributed by atoms with Crippen molar-refractivity contribution in [3.63, 3.8) is 0 Å². The number of anilines is 1. The quantitative estimate of drug-likeness (QED) is 0.797. The third kappa shape index (κ3) is 2.22. The molecular weight excluding hydrogens is 266 g/mol. The van der Waals surface area contributed by atoms with Crippen molar-refractivity contribution in [2.24, 2.45) is 7.05 Å². The van der Waals surface area contributed by atoms with Crippen molar-refractivity contribution in [3.05, 3.63) is 35.7 Å². The second-order valence-electron chi connectivity index (χ2n) is 4.99. The molecule has 21 heavy (non-hydrogen) atoms. The average molecular weight is 285 g/mol. The van der Waals surface area contributed by atoms with E-state index in [1.807, 2.05) is 54.5 Å². The summed E-state index contributed by atoms with van der Waals surface area (Å²) in [5, 5.41) is 4.27. The van der Waals surface area contributed by atoms with Crippen molar-refractivity contribution in [3.8, 4) is 5.75 Å². The lowest BCUT2D eigenvalue weighted by atomic mass is 10.2. The maximum Gasteiger partial charge on any atom is 0.201 e. The van der Waals surface area contributed by atoms with Crippen LogP contribution >= 0.6 is 0 Å². The number of hydrogen-bond acceptors (Lipinski definition) is 4. The van der Waals surface area contributed by atoms with Gasteiger partial charge in [0.05, 0.1) is 24.9 Å². The molecule has 3 rings (SSSR count). The van der Waals surface area contributed by atoms with Crippen molar-refractivity contribution in [2.45, 2.75) is 20.4 Å². The maximum absolute atomic E-state index is 6.09. The zero-order valence-corrected chi connectivity index (χ0v) is 12.5. The molecule has 0 saturated heterocycles. The van der Waals surface area contributed by atoms with Gasteiger partial charge in [-0.3, -0.25) is 4.68 Å². The van der Waals surface area contributed by atoms with Gasteiger partial charge < -0.3 is 15.0 Å². The molecule has 2 N–H and O–H groups in total. The van der Waals surface area contributed by atoms with E-state index in [4.69, 9.17) is 10.5 Å². The third-order valence-corrected chi connectivity index (χ3v) is 3.74. The van der Waals surface area contributed by atoms with Crippen LogP contribution < -0.4 is 10.5 Å². The highest BCUT2D eigenvalue weighted by Crippen LogP contribution is 2.28. The molecule has 0 radical (unpaired) electrons. The fraction of sp³-hybridized carbons (Fsp3) is 0.333. The summed E-state index contributed by atoms with van der Waals surface area (Å²) in [6, 6.07) is 5.88. The van der Waals surface area contributed by atoms with E-state index in [0.29, 0.717) is 19.1 Å². The third-order valence-electron chi connectivity index (χ3n) is 3.74. The number of nitrogen functional groups attached to an aromatic ring is 1. The maximum atomic E-state index is 6.09. The van der Waals surface area contributed by atoms with Crippen LogP contribution in [0.25, 0.3) is 11.0 Å². The second kappa shape index (κ2) is 5.12. The van der Waals surface area contributed by atoms with Crippen LogP contribution in [0.5, 0.6) is 5.75 Å². The van der Waals surface area contributed by atoms with Crippen LogP contribution in [0, 0.1) is 6.92 Å². The number of para-hydroxylation sites is 1. The molecule has 0 bridgehead atoms. The van der Waals surface area contributed by atoms with Crippen LogP contribution in [0.3, 0.4) is 0 Å². The monoisotopic (exact) mass is 285 g/mol. The zero-order chi connectivity index (χ0) is 15.0. The Morgan fingerprint density at radius 1 is 1.33 bits per heavy atom. The molecule has 0 amide bonds. The first-order chi connectivity index (χ1) is 10.1. The molecule has 3 aromatic rings. The van der Waals surface area contributed by atoms with Crippen LogP contribution in [0.15, 0.2) is 24.4 Å². The van der Waals surface area contributed by atoms with Gasteiger partial charge in [-0.1, -0.05) is 6.07 Å². The summed E-state index contributed by atoms with van der Waals surface area (Å²) in [4.78, 5) is 4.45. The SMILES string of the molecule is CCOc1cccc2c1nc(N)n2Cc1cnn(C)c1C. The summed E-state index contributed by atoms with van der Waals surface area (Å²) in [6.07, 6.45) is 1.87. The molecule has 0 atom stereocenters. The summed E-state index contributed by atoms with van der Waals surface area (Å²) in [5.41, 5.74) is 10.1. The largest absolute Gasteiger partial charge is 0.492 e. The standard InChI is InChI=1S/C15H19N5O/c1-4-21-13-7-5-6-12-14(13)18-15(16)20(12)9-11-8-17-19(3)10(11)2/h5-8H,4,9H2,1-3H3,(H2,16,18). The fourth-order valence-corrected chi connectivity index (χ4v) is 2.45. The number of aromatic nitrogens is 4. The zero-order valence-electron chi connectivity index (χ0n) is 12.5. The minimum Gasteiger partial charge on any atom is -0.492 e. The Morgan fingerprint density at radius 2 is 2.14 bits per heavy atom. The Balaban J connectivity index is 2.08. The van der Waals surface area contributed by atoms with Gasteiger partial charge in [0.1, 0.15) is 11.3 Å². The predicted octanol–water partition coefficient (Wildman–Crippen LogP) is 2.11. The van der Waals surface area contributed by atoms with Crippen LogP contribution in [0.1, 0.15) is 18.2 Å². The van der Waals surface area contributed by atoms with Gasteiger partial charge in [-0.2, -0.15) is 5.10 Å². The fourth-order valence-electron chi connectivity index (χ4n) is 2.45. The first-order valence-electron chi connectivity index (χ1n) is 6.96. The Hall–Kier alpha value is -2.50. The Kier molecular flexibility index (Phi) is 3.29. The number of nitrogens with two attached hydrogens (primary N) is 1. The molecule has 6 nitrogen and oxygen atoms in total. The summed E-state index contributed by atoms with van der Waals surface area (Å²) in [6.45, 7) is 5.26. The van der Waals surface area contributed by atoms with E-state index in [9.17, 15) is 0 Å². The van der Waals surface area contributed by atoms with Gasteiger partial charge in [0.25, 0.3) is 0 Å². The number of rotatable bonds is 4. The van der Waals surface area contributed by atoms with Gasteiger partial charge in [-0.05, 0) is 26.0 Å². The number of benzene rings is 1. The summed E-state index contributed by atoms with van der Waals surface area (Å²) >= 11 is 0. The number of ether oxygens (including phenoxy) is 1. The van der Waals surface area contributed by atoms with Crippen LogP contribution in [-0.2, 0) is 13.6 Å². The molecular formula is C15H19N5O. The van der Waals surface area contributed by atoms with Crippen molar-refractivity contribution < 1.29 is 4.74 Å². The summed E-state index contributed by atoms with van der Waals surface area (Å²) in [7, 11) is 1.93. The highest BCUT2D eigenvalue weighted by Gasteiger charge is 2.14. The molecule has 0 fully saturated rings. The van der Waals surface area contributed by atoms with Gasteiger partial charge in [0.2, 0.25) is 5.95 Å². The highest BCUT2D eigenvalue weighted by molar-refractivity contribution is 5.84. The first kappa shape index (κ1) is 13.5. The Morgan fingerprint density at radius 3 is 2.81 bits per heavy atom. The minimum atomic E-state index is 0.486. The molecule has 0 aliphatic carbocycles. The minimum absolute atomic E-state index is 0.486. The topological polar surface area (TPSA) is 70.9 Å². The molecule has 0 saturated carbocycles. The van der Waals surface area contributed by atoms with Gasteiger partial charge in [0.15, 0.2) is 0 Å². The number of hydrogen-bond donors (Lipinski definition) is 1. The predicted molar refractivity (Wildman–Crippen MR) is 82.4 cm³/mol. The molecule has 0 spiro atoms. The van der Waals surface area contributed by atoms with E-state index >= 15 is 0 Å². The molecule has 6 heteroatoms. The molecule has 0 aliphatic rings. The van der Waals surface area contributed by atoms with E-state index < -0.39 is 0 Å². The summed E-state index contributed by atoms with van der Waals surface area (Å²) in [5.74, 6) is 1.25. The molecule has 110 valence electrons. The van der Waals surface area contributed by atoms with Crippen LogP contribution in [-0.4, -0.2) is 25.9 Å². The van der Waals surface area contributed by atoms with Crippen molar-refractivity contribution >= 4 is 17.0 Å². The number of aryl methyl sites for hydroxylation is 1. The van der Waals surface area contributed by atoms with Gasteiger partial charge in [-0.15, -0.1) is 0 Å². The number of fused-ring (bicyclic) bond motifs is 1. The highest BCUT2D eigenvalue weighted by atomic mass is 16.5. The lowest BCUT2D eigenvalue weighted by Crippen LogP contribution is -2.05. The van der Waals surface area contributed by atoms with Crippen molar-refractivity contribution in [1.29, 1.82) is 0 Å². The molecule has 2 aromatic heterocycles. The average Bonchev–Trinajstić information content (AvgIpc) is 2.95. The number of imidazole rings is 1. The van der Waals surface area contributed by atoms with E-state index in [1.54, 1.807) is 0 Å². The molecule has 0 aliphatic heterocycles. The van der Waals surface area contributed by atoms with Gasteiger partial charge >= 0.3 is 0 Å². The van der Waals surface area contributed by atoms with Crippen LogP contribution in [0.4, 0.5) is 5.95 Å². The van der Waals surface area contributed by atoms with Crippen molar-refractivity contribution in [2.75, 3.05) is 12.3 Å². The van der Waals surface area contributed by atoms with Crippen molar-refractivity contribution in [1.82, 2.24) is 19.3 Å². The lowest BCUT2D eigenvalue weighted by Gasteiger charge is -2.07. The Labute approximate surface area is 123 Å². The second-order valence-corrected chi connectivity index (χ2v) is 4.99. The van der Waals surface area contributed by atoms with E-state index in [1.165, 1.54) is 0 Å². The summed E-state index contributed by atoms with van der Waals surface area (Å²) < 4.78 is 9.46. The first-order valence-corrected chi connectivity index (χ1v) is 6.96. The Bertz CT molecular complexity index is 787. The van der Waals surface area contributed by atoms with E-state index in [2.05, 4.69) is 10.1 Å². The van der Waals surface area contributed by atoms with Crippen LogP contribution in [0.2, 0.25) is 0 Å². The molecule has 2 heterocycles. The number of nitrogens with zero attached hydrogens (tertiary/aromatic N) is 4. The lowest BCUT2D eigenvalue weighted by molar-refractivity contribution is 0.343.